The van der Waals surface area contributed by atoms with Crippen LogP contribution >= 0.6 is 11.8 Å². The highest BCUT2D eigenvalue weighted by molar-refractivity contribution is 7.99. The van der Waals surface area contributed by atoms with Crippen molar-refractivity contribution in [3.05, 3.63) is 59.2 Å². The molecule has 0 saturated carbocycles. The third-order valence-electron chi connectivity index (χ3n) is 4.21. The number of aryl methyl sites for hydroxylation is 1. The summed E-state index contributed by atoms with van der Waals surface area (Å²) in [6.07, 6.45) is 0.955. The zero-order valence-corrected chi connectivity index (χ0v) is 14.3. The van der Waals surface area contributed by atoms with E-state index in [0.717, 1.165) is 23.5 Å². The van der Waals surface area contributed by atoms with Crippen molar-refractivity contribution >= 4 is 17.7 Å². The Balaban J connectivity index is 1.61. The Hall–Kier alpha value is -1.94. The molecule has 1 N–H and O–H groups in total. The SMILES string of the molecule is Cc1cccc(OCC(=O)NC2CCSc3ccccc32)c1C. The molecular weight excluding hydrogens is 306 g/mol. The molecule has 2 aromatic rings. The van der Waals surface area contributed by atoms with Gasteiger partial charge in [-0.25, -0.2) is 0 Å². The van der Waals surface area contributed by atoms with Crippen molar-refractivity contribution < 1.29 is 9.53 Å². The summed E-state index contributed by atoms with van der Waals surface area (Å²) in [5.41, 5.74) is 3.46. The van der Waals surface area contributed by atoms with Crippen LogP contribution in [-0.4, -0.2) is 18.3 Å². The fraction of sp³-hybridized carbons (Fsp3) is 0.316. The Labute approximate surface area is 141 Å². The van der Waals surface area contributed by atoms with Crippen molar-refractivity contribution in [1.29, 1.82) is 0 Å². The maximum absolute atomic E-state index is 12.2. The number of nitrogens with one attached hydrogen (secondary N) is 1. The largest absolute Gasteiger partial charge is 0.483 e. The van der Waals surface area contributed by atoms with Gasteiger partial charge in [0.05, 0.1) is 6.04 Å². The molecule has 0 bridgehead atoms. The molecule has 3 nitrogen and oxygen atoms in total. The Morgan fingerprint density at radius 3 is 2.91 bits per heavy atom. The summed E-state index contributed by atoms with van der Waals surface area (Å²) in [6.45, 7) is 4.10. The first-order chi connectivity index (χ1) is 11.1. The van der Waals surface area contributed by atoms with Gasteiger partial charge in [0.15, 0.2) is 6.61 Å². The Morgan fingerprint density at radius 1 is 1.22 bits per heavy atom. The van der Waals surface area contributed by atoms with Gasteiger partial charge in [0.2, 0.25) is 0 Å². The van der Waals surface area contributed by atoms with Crippen molar-refractivity contribution in [2.45, 2.75) is 31.2 Å². The summed E-state index contributed by atoms with van der Waals surface area (Å²) >= 11 is 1.85. The van der Waals surface area contributed by atoms with E-state index in [-0.39, 0.29) is 18.6 Å². The van der Waals surface area contributed by atoms with Crippen molar-refractivity contribution in [2.24, 2.45) is 0 Å². The molecule has 0 aliphatic carbocycles. The third kappa shape index (κ3) is 3.70. The van der Waals surface area contributed by atoms with Crippen LogP contribution in [-0.2, 0) is 4.79 Å². The normalized spacial score (nSPS) is 16.5. The van der Waals surface area contributed by atoms with Crippen LogP contribution in [0.15, 0.2) is 47.4 Å². The van der Waals surface area contributed by atoms with Crippen LogP contribution in [0.1, 0.15) is 29.2 Å². The van der Waals surface area contributed by atoms with Gasteiger partial charge in [-0.1, -0.05) is 30.3 Å². The number of rotatable bonds is 4. The van der Waals surface area contributed by atoms with Gasteiger partial charge in [0.25, 0.3) is 5.91 Å². The molecule has 120 valence electrons. The van der Waals surface area contributed by atoms with E-state index in [0.29, 0.717) is 0 Å². The van der Waals surface area contributed by atoms with Gasteiger partial charge >= 0.3 is 0 Å². The number of ether oxygens (including phenoxy) is 1. The Morgan fingerprint density at radius 2 is 2.04 bits per heavy atom. The molecule has 3 rings (SSSR count). The summed E-state index contributed by atoms with van der Waals surface area (Å²) < 4.78 is 5.69. The first-order valence-corrected chi connectivity index (χ1v) is 8.84. The van der Waals surface area contributed by atoms with Gasteiger partial charge in [0.1, 0.15) is 5.75 Å². The quantitative estimate of drug-likeness (QED) is 0.921. The van der Waals surface area contributed by atoms with E-state index in [1.807, 2.05) is 55.9 Å². The van der Waals surface area contributed by atoms with Crippen molar-refractivity contribution in [2.75, 3.05) is 12.4 Å². The lowest BCUT2D eigenvalue weighted by Crippen LogP contribution is -2.34. The molecule has 0 radical (unpaired) electrons. The highest BCUT2D eigenvalue weighted by atomic mass is 32.2. The van der Waals surface area contributed by atoms with Gasteiger partial charge in [0, 0.05) is 10.6 Å². The van der Waals surface area contributed by atoms with Crippen LogP contribution in [0.3, 0.4) is 0 Å². The van der Waals surface area contributed by atoms with Crippen LogP contribution in [0.25, 0.3) is 0 Å². The van der Waals surface area contributed by atoms with E-state index in [9.17, 15) is 4.79 Å². The minimum Gasteiger partial charge on any atom is -0.483 e. The van der Waals surface area contributed by atoms with Crippen molar-refractivity contribution in [3.63, 3.8) is 0 Å². The van der Waals surface area contributed by atoms with E-state index < -0.39 is 0 Å². The topological polar surface area (TPSA) is 38.3 Å². The van der Waals surface area contributed by atoms with Gasteiger partial charge < -0.3 is 10.1 Å². The maximum Gasteiger partial charge on any atom is 0.258 e. The molecule has 0 saturated heterocycles. The number of fused-ring (bicyclic) bond motifs is 1. The van der Waals surface area contributed by atoms with Crippen LogP contribution in [0.5, 0.6) is 5.75 Å². The van der Waals surface area contributed by atoms with Gasteiger partial charge in [-0.2, -0.15) is 0 Å². The smallest absolute Gasteiger partial charge is 0.258 e. The summed E-state index contributed by atoms with van der Waals surface area (Å²) in [4.78, 5) is 13.5. The number of amides is 1. The number of hydrogen-bond donors (Lipinski definition) is 1. The molecule has 1 amide bonds. The highest BCUT2D eigenvalue weighted by Gasteiger charge is 2.22. The molecule has 1 aliphatic rings. The molecular formula is C19H21NO2S. The monoisotopic (exact) mass is 327 g/mol. The first-order valence-electron chi connectivity index (χ1n) is 7.85. The zero-order valence-electron chi connectivity index (χ0n) is 13.5. The van der Waals surface area contributed by atoms with Gasteiger partial charge in [-0.05, 0) is 49.1 Å². The van der Waals surface area contributed by atoms with E-state index in [1.165, 1.54) is 16.0 Å². The highest BCUT2D eigenvalue weighted by Crippen LogP contribution is 2.35. The maximum atomic E-state index is 12.2. The van der Waals surface area contributed by atoms with E-state index >= 15 is 0 Å². The van der Waals surface area contributed by atoms with Crippen LogP contribution < -0.4 is 10.1 Å². The van der Waals surface area contributed by atoms with Crippen LogP contribution in [0.2, 0.25) is 0 Å². The lowest BCUT2D eigenvalue weighted by molar-refractivity contribution is -0.123. The van der Waals surface area contributed by atoms with Gasteiger partial charge in [-0.15, -0.1) is 11.8 Å². The lowest BCUT2D eigenvalue weighted by atomic mass is 10.0. The number of carbonyl (C=O) groups is 1. The molecule has 1 aliphatic heterocycles. The fourth-order valence-corrected chi connectivity index (χ4v) is 3.88. The van der Waals surface area contributed by atoms with E-state index in [4.69, 9.17) is 4.74 Å². The predicted octanol–water partition coefficient (Wildman–Crippen LogP) is 4.04. The average Bonchev–Trinajstić information content (AvgIpc) is 2.56. The standard InChI is InChI=1S/C19H21NO2S/c1-13-6-5-8-17(14(13)2)22-12-19(21)20-16-10-11-23-18-9-4-3-7-15(16)18/h3-9,16H,10-12H2,1-2H3,(H,20,21). The zero-order chi connectivity index (χ0) is 16.2. The summed E-state index contributed by atoms with van der Waals surface area (Å²) in [7, 11) is 0. The summed E-state index contributed by atoms with van der Waals surface area (Å²) in [5.74, 6) is 1.73. The molecule has 0 spiro atoms. The second-order valence-electron chi connectivity index (χ2n) is 5.78. The number of thioether (sulfide) groups is 1. The molecule has 0 aromatic heterocycles. The Kier molecular flexibility index (Phi) is 4.91. The minimum absolute atomic E-state index is 0.0517. The molecule has 2 aromatic carbocycles. The molecule has 1 unspecified atom stereocenters. The average molecular weight is 327 g/mol. The molecule has 4 heteroatoms. The van der Waals surface area contributed by atoms with Crippen molar-refractivity contribution in [1.82, 2.24) is 5.32 Å². The van der Waals surface area contributed by atoms with E-state index in [2.05, 4.69) is 17.4 Å². The molecule has 23 heavy (non-hydrogen) atoms. The van der Waals surface area contributed by atoms with Gasteiger partial charge in [-0.3, -0.25) is 4.79 Å². The number of hydrogen-bond acceptors (Lipinski definition) is 3. The second-order valence-corrected chi connectivity index (χ2v) is 6.92. The fourth-order valence-electron chi connectivity index (χ4n) is 2.75. The minimum atomic E-state index is -0.0717. The third-order valence-corrected chi connectivity index (χ3v) is 5.33. The molecule has 1 heterocycles. The second kappa shape index (κ2) is 7.09. The lowest BCUT2D eigenvalue weighted by Gasteiger charge is -2.25. The summed E-state index contributed by atoms with van der Waals surface area (Å²) in [6, 6.07) is 14.3. The molecule has 1 atom stereocenters. The predicted molar refractivity (Wildman–Crippen MR) is 94.1 cm³/mol. The first kappa shape index (κ1) is 15.9. The number of carbonyl (C=O) groups excluding carboxylic acids is 1. The Bertz CT molecular complexity index is 714. The number of benzene rings is 2. The van der Waals surface area contributed by atoms with E-state index in [1.54, 1.807) is 0 Å². The summed E-state index contributed by atoms with van der Waals surface area (Å²) in [5, 5.41) is 3.10. The van der Waals surface area contributed by atoms with Crippen molar-refractivity contribution in [3.8, 4) is 5.75 Å². The van der Waals surface area contributed by atoms with Crippen LogP contribution in [0, 0.1) is 13.8 Å². The van der Waals surface area contributed by atoms with Crippen LogP contribution in [0.4, 0.5) is 0 Å². The molecule has 0 fully saturated rings.